The van der Waals surface area contributed by atoms with Gasteiger partial charge in [0.1, 0.15) is 22.6 Å². The van der Waals surface area contributed by atoms with E-state index in [-0.39, 0.29) is 5.78 Å². The largest absolute Gasteiger partial charge is 0.461 e. The number of hydrogen-bond donors (Lipinski definition) is 0. The number of benzene rings is 3. The molecule has 0 N–H and O–H groups in total. The quantitative estimate of drug-likeness (QED) is 0.415. The first-order valence-electron chi connectivity index (χ1n) is 10.5. The predicted molar refractivity (Wildman–Crippen MR) is 126 cm³/mol. The van der Waals surface area contributed by atoms with Crippen LogP contribution >= 0.6 is 23.2 Å². The Morgan fingerprint density at radius 3 is 1.84 bits per heavy atom. The van der Waals surface area contributed by atoms with Crippen LogP contribution in [0, 0.1) is 5.41 Å². The van der Waals surface area contributed by atoms with Gasteiger partial charge in [-0.1, -0.05) is 77.8 Å². The number of carbonyl (C=O) groups is 1. The molecule has 0 radical (unpaired) electrons. The average Bonchev–Trinajstić information content (AvgIpc) is 3.22. The highest BCUT2D eigenvalue weighted by atomic mass is 35.5. The Bertz CT molecular complexity index is 1160. The molecule has 2 atom stereocenters. The standard InChI is InChI=1S/C27H22Cl2O3/c1-18(30)26-16-24(19-6-4-3-5-7-19)31-25(26,2)32-27(17-26,20-8-12-22(28)13-9-20)21-10-14-23(29)15-11-21/h3-16H,17H2,1-2H3/t25-,26+/m0/s1. The van der Waals surface area contributed by atoms with Gasteiger partial charge in [-0.05, 0) is 48.4 Å². The molecular weight excluding hydrogens is 443 g/mol. The summed E-state index contributed by atoms with van der Waals surface area (Å²) >= 11 is 12.3. The number of carbonyl (C=O) groups excluding carboxylic acids is 1. The molecule has 32 heavy (non-hydrogen) atoms. The molecule has 5 heteroatoms. The minimum absolute atomic E-state index is 0.00395. The summed E-state index contributed by atoms with van der Waals surface area (Å²) in [6, 6.07) is 24.9. The molecule has 2 aliphatic heterocycles. The van der Waals surface area contributed by atoms with E-state index in [0.717, 1.165) is 16.7 Å². The van der Waals surface area contributed by atoms with Crippen LogP contribution in [0.25, 0.3) is 5.76 Å². The minimum Gasteiger partial charge on any atom is -0.461 e. The molecule has 0 bridgehead atoms. The zero-order chi connectivity index (χ0) is 22.6. The van der Waals surface area contributed by atoms with Gasteiger partial charge in [0, 0.05) is 29.0 Å². The Balaban J connectivity index is 1.70. The fraction of sp³-hybridized carbons (Fsp3) is 0.222. The zero-order valence-corrected chi connectivity index (χ0v) is 19.3. The van der Waals surface area contributed by atoms with Crippen molar-refractivity contribution in [1.29, 1.82) is 0 Å². The molecule has 3 nitrogen and oxygen atoms in total. The number of ketones is 1. The summed E-state index contributed by atoms with van der Waals surface area (Å²) in [6.45, 7) is 3.46. The molecule has 1 fully saturated rings. The molecule has 1 saturated heterocycles. The lowest BCUT2D eigenvalue weighted by atomic mass is 9.70. The van der Waals surface area contributed by atoms with E-state index >= 15 is 0 Å². The van der Waals surface area contributed by atoms with Crippen molar-refractivity contribution in [3.8, 4) is 0 Å². The molecule has 0 aliphatic carbocycles. The number of Topliss-reactive ketones (excluding diaryl/α,β-unsaturated/α-hetero) is 1. The molecule has 5 rings (SSSR count). The maximum absolute atomic E-state index is 13.2. The maximum Gasteiger partial charge on any atom is 0.225 e. The SMILES string of the molecule is CC(=O)[C@]12C=C(c3ccccc3)O[C@@]1(C)OC(c1ccc(Cl)cc1)(c1ccc(Cl)cc1)C2. The van der Waals surface area contributed by atoms with Gasteiger partial charge in [0.15, 0.2) is 0 Å². The molecule has 162 valence electrons. The lowest BCUT2D eigenvalue weighted by Gasteiger charge is -2.34. The van der Waals surface area contributed by atoms with Crippen LogP contribution in [0.1, 0.15) is 37.0 Å². The van der Waals surface area contributed by atoms with Gasteiger partial charge in [0.05, 0.1) is 0 Å². The monoisotopic (exact) mass is 464 g/mol. The highest BCUT2D eigenvalue weighted by Crippen LogP contribution is 2.64. The molecule has 3 aromatic rings. The fourth-order valence-corrected chi connectivity index (χ4v) is 5.24. The lowest BCUT2D eigenvalue weighted by molar-refractivity contribution is -0.218. The second kappa shape index (κ2) is 7.48. The first kappa shape index (κ1) is 21.3. The zero-order valence-electron chi connectivity index (χ0n) is 17.8. The summed E-state index contributed by atoms with van der Waals surface area (Å²) in [6.07, 6.45) is 2.34. The van der Waals surface area contributed by atoms with Gasteiger partial charge in [0.25, 0.3) is 0 Å². The van der Waals surface area contributed by atoms with Crippen molar-refractivity contribution in [1.82, 2.24) is 0 Å². The van der Waals surface area contributed by atoms with Crippen LogP contribution < -0.4 is 0 Å². The van der Waals surface area contributed by atoms with Gasteiger partial charge in [-0.2, -0.15) is 0 Å². The van der Waals surface area contributed by atoms with Gasteiger partial charge < -0.3 is 9.47 Å². The van der Waals surface area contributed by atoms with Crippen molar-refractivity contribution in [2.75, 3.05) is 0 Å². The highest BCUT2D eigenvalue weighted by molar-refractivity contribution is 6.30. The number of fused-ring (bicyclic) bond motifs is 1. The first-order valence-corrected chi connectivity index (χ1v) is 11.2. The van der Waals surface area contributed by atoms with E-state index in [2.05, 4.69) is 0 Å². The van der Waals surface area contributed by atoms with Gasteiger partial charge in [-0.25, -0.2) is 0 Å². The Kier molecular flexibility index (Phi) is 4.97. The fourth-order valence-electron chi connectivity index (χ4n) is 4.99. The van der Waals surface area contributed by atoms with Gasteiger partial charge in [0.2, 0.25) is 5.79 Å². The number of rotatable bonds is 4. The van der Waals surface area contributed by atoms with Gasteiger partial charge in [-0.15, -0.1) is 0 Å². The molecule has 0 amide bonds. The van der Waals surface area contributed by atoms with E-state index in [1.165, 1.54) is 0 Å². The molecule has 2 heterocycles. The van der Waals surface area contributed by atoms with Crippen molar-refractivity contribution in [3.05, 3.63) is 112 Å². The Hall–Kier alpha value is -2.59. The maximum atomic E-state index is 13.2. The van der Waals surface area contributed by atoms with E-state index in [1.807, 2.05) is 91.9 Å². The van der Waals surface area contributed by atoms with Crippen LogP contribution in [0.5, 0.6) is 0 Å². The van der Waals surface area contributed by atoms with Crippen molar-refractivity contribution in [2.45, 2.75) is 31.7 Å². The van der Waals surface area contributed by atoms with E-state index in [1.54, 1.807) is 6.92 Å². The van der Waals surface area contributed by atoms with Crippen LogP contribution in [-0.2, 0) is 19.9 Å². The summed E-state index contributed by atoms with van der Waals surface area (Å²) in [5.41, 5.74) is 0.847. The van der Waals surface area contributed by atoms with Crippen molar-refractivity contribution >= 4 is 34.7 Å². The van der Waals surface area contributed by atoms with Crippen LogP contribution in [0.4, 0.5) is 0 Å². The third kappa shape index (κ3) is 3.11. The third-order valence-electron chi connectivity index (χ3n) is 6.70. The summed E-state index contributed by atoms with van der Waals surface area (Å²) in [4.78, 5) is 13.2. The molecular formula is C27H22Cl2O3. The van der Waals surface area contributed by atoms with Crippen molar-refractivity contribution in [3.63, 3.8) is 0 Å². The summed E-state index contributed by atoms with van der Waals surface area (Å²) in [5, 5.41) is 1.27. The van der Waals surface area contributed by atoms with Crippen molar-refractivity contribution in [2.24, 2.45) is 5.41 Å². The van der Waals surface area contributed by atoms with E-state index < -0.39 is 16.8 Å². The van der Waals surface area contributed by atoms with E-state index in [4.69, 9.17) is 32.7 Å². The Labute approximate surface area is 197 Å². The second-order valence-corrected chi connectivity index (χ2v) is 9.44. The average molecular weight is 465 g/mol. The van der Waals surface area contributed by atoms with Gasteiger partial charge in [-0.3, -0.25) is 4.79 Å². The topological polar surface area (TPSA) is 35.5 Å². The van der Waals surface area contributed by atoms with E-state index in [9.17, 15) is 4.79 Å². The van der Waals surface area contributed by atoms with E-state index in [0.29, 0.717) is 22.2 Å². The third-order valence-corrected chi connectivity index (χ3v) is 7.20. The van der Waals surface area contributed by atoms with Crippen LogP contribution in [-0.4, -0.2) is 11.6 Å². The highest BCUT2D eigenvalue weighted by Gasteiger charge is 2.69. The molecule has 3 aromatic carbocycles. The second-order valence-electron chi connectivity index (χ2n) is 8.57. The van der Waals surface area contributed by atoms with Crippen LogP contribution in [0.3, 0.4) is 0 Å². The molecule has 0 aromatic heterocycles. The van der Waals surface area contributed by atoms with Gasteiger partial charge >= 0.3 is 0 Å². The minimum atomic E-state index is -1.18. The predicted octanol–water partition coefficient (Wildman–Crippen LogP) is 7.02. The lowest BCUT2D eigenvalue weighted by Crippen LogP contribution is -2.44. The van der Waals surface area contributed by atoms with Crippen LogP contribution in [0.2, 0.25) is 10.0 Å². The molecule has 0 unspecified atom stereocenters. The molecule has 2 aliphatic rings. The molecule has 0 saturated carbocycles. The Morgan fingerprint density at radius 2 is 1.38 bits per heavy atom. The van der Waals surface area contributed by atoms with Crippen LogP contribution in [0.15, 0.2) is 84.9 Å². The number of halogens is 2. The Morgan fingerprint density at radius 1 is 0.844 bits per heavy atom. The summed E-state index contributed by atoms with van der Waals surface area (Å²) in [5.74, 6) is -0.525. The number of ether oxygens (including phenoxy) is 2. The normalized spacial score (nSPS) is 25.7. The molecule has 0 spiro atoms. The summed E-state index contributed by atoms with van der Waals surface area (Å²) in [7, 11) is 0. The van der Waals surface area contributed by atoms with Crippen molar-refractivity contribution < 1.29 is 14.3 Å². The first-order chi connectivity index (χ1) is 15.3. The number of hydrogen-bond acceptors (Lipinski definition) is 3. The summed E-state index contributed by atoms with van der Waals surface area (Å²) < 4.78 is 13.3. The smallest absolute Gasteiger partial charge is 0.225 e.